The Morgan fingerprint density at radius 2 is 2.15 bits per heavy atom. The van der Waals surface area contributed by atoms with E-state index in [0.29, 0.717) is 5.41 Å². The predicted molar refractivity (Wildman–Crippen MR) is 58.0 cm³/mol. The summed E-state index contributed by atoms with van der Waals surface area (Å²) in [4.78, 5) is 13.6. The Labute approximate surface area is 88.8 Å². The summed E-state index contributed by atoms with van der Waals surface area (Å²) in [5, 5.41) is 0. The van der Waals surface area contributed by atoms with Crippen molar-refractivity contribution in [2.45, 2.75) is 38.4 Å². The Kier molecular flexibility index (Phi) is 3.38. The van der Waals surface area contributed by atoms with Gasteiger partial charge in [-0.05, 0) is 25.2 Å². The Balaban J connectivity index is 2.57. The van der Waals surface area contributed by atoms with E-state index in [1.807, 2.05) is 11.8 Å². The molecule has 0 aliphatic carbocycles. The molecule has 13 heavy (non-hydrogen) atoms. The Hall–Kier alpha value is -0.0500. The fourth-order valence-electron chi connectivity index (χ4n) is 1.86. The molecule has 1 amide bonds. The lowest BCUT2D eigenvalue weighted by atomic mass is 9.84. The second-order valence-corrected chi connectivity index (χ2v) is 6.02. The number of hydrogen-bond acceptors (Lipinski definition) is 1. The molecule has 1 rings (SSSR count). The average Bonchev–Trinajstić information content (AvgIpc) is 2.01. The van der Waals surface area contributed by atoms with Crippen molar-refractivity contribution in [2.75, 3.05) is 13.1 Å². The van der Waals surface area contributed by atoms with Gasteiger partial charge in [0.05, 0.1) is 4.83 Å². The highest BCUT2D eigenvalue weighted by molar-refractivity contribution is 9.10. The van der Waals surface area contributed by atoms with Gasteiger partial charge < -0.3 is 4.90 Å². The zero-order valence-corrected chi connectivity index (χ0v) is 10.2. The third-order valence-electron chi connectivity index (χ3n) is 2.55. The van der Waals surface area contributed by atoms with Gasteiger partial charge in [-0.3, -0.25) is 4.79 Å². The average molecular weight is 248 g/mol. The van der Waals surface area contributed by atoms with Crippen molar-refractivity contribution in [1.82, 2.24) is 4.90 Å². The number of rotatable bonds is 1. The van der Waals surface area contributed by atoms with E-state index in [-0.39, 0.29) is 10.7 Å². The van der Waals surface area contributed by atoms with Crippen LogP contribution in [0, 0.1) is 5.41 Å². The number of carbonyl (C=O) groups excluding carboxylic acids is 1. The highest BCUT2D eigenvalue weighted by Gasteiger charge is 2.30. The summed E-state index contributed by atoms with van der Waals surface area (Å²) in [6.07, 6.45) is 2.37. The summed E-state index contributed by atoms with van der Waals surface area (Å²) >= 11 is 3.32. The lowest BCUT2D eigenvalue weighted by molar-refractivity contribution is -0.133. The second kappa shape index (κ2) is 3.99. The summed E-state index contributed by atoms with van der Waals surface area (Å²) < 4.78 is 0. The van der Waals surface area contributed by atoms with E-state index < -0.39 is 0 Å². The number of hydrogen-bond donors (Lipinski definition) is 0. The maximum atomic E-state index is 11.7. The maximum Gasteiger partial charge on any atom is 0.236 e. The minimum atomic E-state index is -0.0404. The molecular formula is C10H18BrNO. The Morgan fingerprint density at radius 3 is 2.62 bits per heavy atom. The number of carbonyl (C=O) groups is 1. The fraction of sp³-hybridized carbons (Fsp3) is 0.900. The van der Waals surface area contributed by atoms with Gasteiger partial charge in [-0.1, -0.05) is 29.8 Å². The molecule has 0 bridgehead atoms. The van der Waals surface area contributed by atoms with Crippen LogP contribution in [0.15, 0.2) is 0 Å². The van der Waals surface area contributed by atoms with Gasteiger partial charge in [0, 0.05) is 13.1 Å². The normalized spacial score (nSPS) is 24.2. The monoisotopic (exact) mass is 247 g/mol. The quantitative estimate of drug-likeness (QED) is 0.652. The third-order valence-corrected chi connectivity index (χ3v) is 2.94. The van der Waals surface area contributed by atoms with Gasteiger partial charge in [-0.2, -0.15) is 0 Å². The first-order valence-electron chi connectivity index (χ1n) is 4.85. The van der Waals surface area contributed by atoms with Gasteiger partial charge in [0.15, 0.2) is 0 Å². The number of piperidine rings is 1. The van der Waals surface area contributed by atoms with Crippen LogP contribution in [0.2, 0.25) is 0 Å². The second-order valence-electron chi connectivity index (χ2n) is 4.64. The topological polar surface area (TPSA) is 20.3 Å². The van der Waals surface area contributed by atoms with Gasteiger partial charge in [-0.15, -0.1) is 0 Å². The van der Waals surface area contributed by atoms with Gasteiger partial charge in [0.25, 0.3) is 0 Å². The summed E-state index contributed by atoms with van der Waals surface area (Å²) in [5.41, 5.74) is 0.301. The molecular weight excluding hydrogens is 230 g/mol. The minimum Gasteiger partial charge on any atom is -0.341 e. The predicted octanol–water partition coefficient (Wildman–Crippen LogP) is 2.42. The summed E-state index contributed by atoms with van der Waals surface area (Å²) in [6.45, 7) is 8.18. The van der Waals surface area contributed by atoms with Crippen LogP contribution in [0.5, 0.6) is 0 Å². The lowest BCUT2D eigenvalue weighted by Gasteiger charge is -2.38. The van der Waals surface area contributed by atoms with Crippen molar-refractivity contribution < 1.29 is 4.79 Å². The molecule has 0 spiro atoms. The van der Waals surface area contributed by atoms with Crippen LogP contribution in [0.25, 0.3) is 0 Å². The van der Waals surface area contributed by atoms with Crippen LogP contribution in [0.4, 0.5) is 0 Å². The molecule has 0 radical (unpaired) electrons. The number of amides is 1. The van der Waals surface area contributed by atoms with Crippen molar-refractivity contribution in [3.63, 3.8) is 0 Å². The van der Waals surface area contributed by atoms with Gasteiger partial charge in [0.2, 0.25) is 5.91 Å². The first-order chi connectivity index (χ1) is 5.92. The molecule has 1 unspecified atom stereocenters. The number of alkyl halides is 1. The molecule has 1 saturated heterocycles. The molecule has 0 aromatic heterocycles. The molecule has 1 aliphatic heterocycles. The van der Waals surface area contributed by atoms with Crippen LogP contribution in [-0.4, -0.2) is 28.7 Å². The maximum absolute atomic E-state index is 11.7. The van der Waals surface area contributed by atoms with E-state index in [0.717, 1.165) is 19.5 Å². The smallest absolute Gasteiger partial charge is 0.236 e. The van der Waals surface area contributed by atoms with E-state index in [4.69, 9.17) is 0 Å². The fourth-order valence-corrected chi connectivity index (χ4v) is 2.15. The van der Waals surface area contributed by atoms with Crippen LogP contribution < -0.4 is 0 Å². The molecule has 76 valence electrons. The zero-order valence-electron chi connectivity index (χ0n) is 8.64. The van der Waals surface area contributed by atoms with E-state index in [9.17, 15) is 4.79 Å². The van der Waals surface area contributed by atoms with Crippen molar-refractivity contribution in [1.29, 1.82) is 0 Å². The number of likely N-dealkylation sites (tertiary alicyclic amines) is 1. The highest BCUT2D eigenvalue weighted by Crippen LogP contribution is 2.28. The standard InChI is InChI=1S/C10H18BrNO/c1-8(11)9(13)12-6-4-5-10(2,3)7-12/h8H,4-7H2,1-3H3. The molecule has 1 fully saturated rings. The van der Waals surface area contributed by atoms with Crippen molar-refractivity contribution in [3.05, 3.63) is 0 Å². The summed E-state index contributed by atoms with van der Waals surface area (Å²) in [7, 11) is 0. The van der Waals surface area contributed by atoms with E-state index in [1.54, 1.807) is 0 Å². The zero-order chi connectivity index (χ0) is 10.1. The molecule has 1 aliphatic rings. The Morgan fingerprint density at radius 1 is 1.54 bits per heavy atom. The van der Waals surface area contributed by atoms with Gasteiger partial charge in [-0.25, -0.2) is 0 Å². The molecule has 1 atom stereocenters. The lowest BCUT2D eigenvalue weighted by Crippen LogP contribution is -2.45. The largest absolute Gasteiger partial charge is 0.341 e. The summed E-state index contributed by atoms with van der Waals surface area (Å²) in [5.74, 6) is 0.229. The molecule has 2 nitrogen and oxygen atoms in total. The van der Waals surface area contributed by atoms with Crippen molar-refractivity contribution in [3.8, 4) is 0 Å². The first kappa shape index (κ1) is 11.0. The van der Waals surface area contributed by atoms with Crippen molar-refractivity contribution >= 4 is 21.8 Å². The number of nitrogens with zero attached hydrogens (tertiary/aromatic N) is 1. The molecule has 0 aromatic carbocycles. The molecule has 0 aromatic rings. The van der Waals surface area contributed by atoms with Crippen LogP contribution in [-0.2, 0) is 4.79 Å². The highest BCUT2D eigenvalue weighted by atomic mass is 79.9. The van der Waals surface area contributed by atoms with Crippen LogP contribution >= 0.6 is 15.9 Å². The molecule has 0 saturated carbocycles. The van der Waals surface area contributed by atoms with E-state index in [2.05, 4.69) is 29.8 Å². The van der Waals surface area contributed by atoms with E-state index >= 15 is 0 Å². The first-order valence-corrected chi connectivity index (χ1v) is 5.77. The van der Waals surface area contributed by atoms with Crippen LogP contribution in [0.1, 0.15) is 33.6 Å². The minimum absolute atomic E-state index is 0.0404. The van der Waals surface area contributed by atoms with Gasteiger partial charge in [0.1, 0.15) is 0 Å². The molecule has 1 heterocycles. The Bertz CT molecular complexity index is 201. The SMILES string of the molecule is CC(Br)C(=O)N1CCCC(C)(C)C1. The van der Waals surface area contributed by atoms with Crippen molar-refractivity contribution in [2.24, 2.45) is 5.41 Å². The van der Waals surface area contributed by atoms with Gasteiger partial charge >= 0.3 is 0 Å². The summed E-state index contributed by atoms with van der Waals surface area (Å²) in [6, 6.07) is 0. The third kappa shape index (κ3) is 2.97. The van der Waals surface area contributed by atoms with E-state index in [1.165, 1.54) is 6.42 Å². The van der Waals surface area contributed by atoms with Crippen LogP contribution in [0.3, 0.4) is 0 Å². The molecule has 0 N–H and O–H groups in total. The molecule has 3 heteroatoms. The number of halogens is 1.